The maximum Gasteiger partial charge on any atom is 0.416 e. The minimum atomic E-state index is -4.55. The average molecular weight is 450 g/mol. The first kappa shape index (κ1) is 21.2. The van der Waals surface area contributed by atoms with Gasteiger partial charge in [0.05, 0.1) is 11.3 Å². The molecule has 1 N–H and O–H groups in total. The van der Waals surface area contributed by atoms with Gasteiger partial charge in [-0.05, 0) is 37.3 Å². The molecule has 0 radical (unpaired) electrons. The van der Waals surface area contributed by atoms with E-state index >= 15 is 0 Å². The summed E-state index contributed by atoms with van der Waals surface area (Å²) in [5.74, 6) is -1.73. The Kier molecular flexibility index (Phi) is 5.20. The number of halogens is 3. The average Bonchev–Trinajstić information content (AvgIpc) is 3.23. The summed E-state index contributed by atoms with van der Waals surface area (Å²) in [6.07, 6.45) is -5.43. The molecular weight excluding hydrogens is 433 g/mol. The predicted molar refractivity (Wildman–Crippen MR) is 107 cm³/mol. The van der Waals surface area contributed by atoms with Crippen LogP contribution in [0.5, 0.6) is 0 Å². The van der Waals surface area contributed by atoms with Gasteiger partial charge in [0, 0.05) is 23.4 Å². The van der Waals surface area contributed by atoms with Crippen molar-refractivity contribution in [3.05, 3.63) is 54.1 Å². The SMILES string of the molecule is C[C@@H](OC(=O)[C@@]12CCC(=O)N1c1ccccc1S2)C(=O)Nc1cccc(C(F)(F)F)c1. The highest BCUT2D eigenvalue weighted by molar-refractivity contribution is 8.02. The van der Waals surface area contributed by atoms with E-state index in [0.717, 1.165) is 17.0 Å². The molecule has 0 bridgehead atoms. The second kappa shape index (κ2) is 7.60. The first-order valence-electron chi connectivity index (χ1n) is 9.42. The van der Waals surface area contributed by atoms with Gasteiger partial charge in [-0.1, -0.05) is 30.0 Å². The van der Waals surface area contributed by atoms with Gasteiger partial charge < -0.3 is 10.1 Å². The van der Waals surface area contributed by atoms with Gasteiger partial charge in [0.1, 0.15) is 0 Å². The summed E-state index contributed by atoms with van der Waals surface area (Å²) in [4.78, 5) is 38.8. The molecule has 0 unspecified atom stereocenters. The van der Waals surface area contributed by atoms with Crippen molar-refractivity contribution in [2.75, 3.05) is 10.2 Å². The maximum atomic E-state index is 13.1. The number of anilines is 2. The predicted octanol–water partition coefficient (Wildman–Crippen LogP) is 4.20. The highest BCUT2D eigenvalue weighted by atomic mass is 32.2. The molecule has 0 saturated carbocycles. The van der Waals surface area contributed by atoms with Crippen molar-refractivity contribution in [1.29, 1.82) is 0 Å². The number of carbonyl (C=O) groups is 3. The Labute approximate surface area is 179 Å². The van der Waals surface area contributed by atoms with E-state index in [0.29, 0.717) is 5.69 Å². The van der Waals surface area contributed by atoms with Crippen LogP contribution in [0.2, 0.25) is 0 Å². The largest absolute Gasteiger partial charge is 0.450 e. The van der Waals surface area contributed by atoms with E-state index in [-0.39, 0.29) is 24.4 Å². The molecule has 31 heavy (non-hydrogen) atoms. The molecule has 0 spiro atoms. The van der Waals surface area contributed by atoms with E-state index < -0.39 is 34.6 Å². The number of amides is 2. The Bertz CT molecular complexity index is 1070. The topological polar surface area (TPSA) is 75.7 Å². The lowest BCUT2D eigenvalue weighted by Crippen LogP contribution is -2.49. The Hall–Kier alpha value is -3.01. The van der Waals surface area contributed by atoms with Crippen LogP contribution >= 0.6 is 11.8 Å². The van der Waals surface area contributed by atoms with Crippen LogP contribution < -0.4 is 10.2 Å². The number of ether oxygens (including phenoxy) is 1. The third-order valence-electron chi connectivity index (χ3n) is 5.10. The van der Waals surface area contributed by atoms with Crippen molar-refractivity contribution in [3.8, 4) is 0 Å². The molecule has 1 saturated heterocycles. The van der Waals surface area contributed by atoms with Crippen LogP contribution in [0.25, 0.3) is 0 Å². The highest BCUT2D eigenvalue weighted by Gasteiger charge is 2.59. The minimum absolute atomic E-state index is 0.0683. The monoisotopic (exact) mass is 450 g/mol. The van der Waals surface area contributed by atoms with E-state index in [1.54, 1.807) is 24.3 Å². The zero-order chi connectivity index (χ0) is 22.4. The fourth-order valence-electron chi connectivity index (χ4n) is 3.60. The normalized spacial score (nSPS) is 20.8. The van der Waals surface area contributed by atoms with Crippen molar-refractivity contribution in [1.82, 2.24) is 0 Å². The number of nitrogens with one attached hydrogen (secondary N) is 1. The fraction of sp³-hybridized carbons (Fsp3) is 0.286. The summed E-state index contributed by atoms with van der Waals surface area (Å²) in [5, 5.41) is 2.33. The van der Waals surface area contributed by atoms with Crippen molar-refractivity contribution >= 4 is 40.9 Å². The van der Waals surface area contributed by atoms with Gasteiger partial charge in [0.2, 0.25) is 5.91 Å². The molecule has 2 aromatic carbocycles. The van der Waals surface area contributed by atoms with Crippen molar-refractivity contribution < 1.29 is 32.3 Å². The number of fused-ring (bicyclic) bond motifs is 3. The number of benzene rings is 2. The van der Waals surface area contributed by atoms with Crippen LogP contribution in [0.15, 0.2) is 53.4 Å². The summed E-state index contributed by atoms with van der Waals surface area (Å²) < 4.78 is 43.9. The molecule has 0 aromatic heterocycles. The first-order chi connectivity index (χ1) is 14.6. The quantitative estimate of drug-likeness (QED) is 0.707. The standard InChI is InChI=1S/C21H17F3N2O4S/c1-12(18(28)25-14-6-4-5-13(11-14)21(22,23)24)30-19(29)20-10-9-17(27)26(20)15-7-2-3-8-16(15)31-20/h2-8,11-12H,9-10H2,1H3,(H,25,28)/t12-,20+/m1/s1. The van der Waals surface area contributed by atoms with Crippen molar-refractivity contribution in [2.45, 2.75) is 41.8 Å². The van der Waals surface area contributed by atoms with Crippen LogP contribution in [0.3, 0.4) is 0 Å². The molecule has 162 valence electrons. The number of alkyl halides is 3. The number of esters is 1. The Morgan fingerprint density at radius 3 is 2.68 bits per heavy atom. The second-order valence-corrected chi connectivity index (χ2v) is 8.52. The van der Waals surface area contributed by atoms with Crippen LogP contribution in [0.4, 0.5) is 24.5 Å². The summed E-state index contributed by atoms with van der Waals surface area (Å²) >= 11 is 1.20. The molecule has 1 fully saturated rings. The summed E-state index contributed by atoms with van der Waals surface area (Å²) in [6, 6.07) is 11.3. The van der Waals surface area contributed by atoms with Gasteiger partial charge in [-0.3, -0.25) is 14.5 Å². The Balaban J connectivity index is 1.48. The zero-order valence-electron chi connectivity index (χ0n) is 16.2. The third kappa shape index (κ3) is 3.76. The smallest absolute Gasteiger partial charge is 0.416 e. The summed E-state index contributed by atoms with van der Waals surface area (Å²) in [6.45, 7) is 1.32. The van der Waals surface area contributed by atoms with Gasteiger partial charge in [-0.15, -0.1) is 0 Å². The van der Waals surface area contributed by atoms with Gasteiger partial charge in [0.25, 0.3) is 5.91 Å². The Morgan fingerprint density at radius 1 is 1.19 bits per heavy atom. The number of para-hydroxylation sites is 1. The first-order valence-corrected chi connectivity index (χ1v) is 10.2. The molecule has 0 aliphatic carbocycles. The highest BCUT2D eigenvalue weighted by Crippen LogP contribution is 2.56. The third-order valence-corrected chi connectivity index (χ3v) is 6.56. The van der Waals surface area contributed by atoms with Gasteiger partial charge in [-0.2, -0.15) is 13.2 Å². The van der Waals surface area contributed by atoms with E-state index in [1.165, 1.54) is 35.7 Å². The molecule has 2 aliphatic heterocycles. The summed E-state index contributed by atoms with van der Waals surface area (Å²) in [7, 11) is 0. The van der Waals surface area contributed by atoms with Gasteiger partial charge in [0.15, 0.2) is 11.0 Å². The fourth-order valence-corrected chi connectivity index (χ4v) is 5.00. The van der Waals surface area contributed by atoms with E-state index in [9.17, 15) is 27.6 Å². The van der Waals surface area contributed by atoms with E-state index in [1.807, 2.05) is 0 Å². The van der Waals surface area contributed by atoms with Crippen molar-refractivity contribution in [3.63, 3.8) is 0 Å². The van der Waals surface area contributed by atoms with E-state index in [2.05, 4.69) is 5.32 Å². The second-order valence-electron chi connectivity index (χ2n) is 7.20. The van der Waals surface area contributed by atoms with Crippen molar-refractivity contribution in [2.24, 2.45) is 0 Å². The number of thioether (sulfide) groups is 1. The lowest BCUT2D eigenvalue weighted by molar-refractivity contribution is -0.155. The molecule has 2 atom stereocenters. The Morgan fingerprint density at radius 2 is 1.94 bits per heavy atom. The van der Waals surface area contributed by atoms with E-state index in [4.69, 9.17) is 4.74 Å². The lowest BCUT2D eigenvalue weighted by Gasteiger charge is -2.29. The molecule has 4 rings (SSSR count). The number of hydrogen-bond acceptors (Lipinski definition) is 5. The molecule has 2 aromatic rings. The maximum absolute atomic E-state index is 13.1. The minimum Gasteiger partial charge on any atom is -0.450 e. The molecule has 2 amide bonds. The number of hydrogen-bond donors (Lipinski definition) is 1. The lowest BCUT2D eigenvalue weighted by atomic mass is 10.2. The van der Waals surface area contributed by atoms with Crippen LogP contribution in [0, 0.1) is 0 Å². The summed E-state index contributed by atoms with van der Waals surface area (Å²) in [5.41, 5.74) is -0.358. The number of rotatable bonds is 4. The van der Waals surface area contributed by atoms with Crippen LogP contribution in [-0.4, -0.2) is 28.8 Å². The van der Waals surface area contributed by atoms with Crippen LogP contribution in [-0.2, 0) is 25.3 Å². The van der Waals surface area contributed by atoms with Gasteiger partial charge in [-0.25, -0.2) is 4.79 Å². The molecule has 6 nitrogen and oxygen atoms in total. The number of carbonyl (C=O) groups excluding carboxylic acids is 3. The molecule has 10 heteroatoms. The van der Waals surface area contributed by atoms with Crippen LogP contribution in [0.1, 0.15) is 25.3 Å². The molecule has 2 heterocycles. The zero-order valence-corrected chi connectivity index (χ0v) is 17.0. The van der Waals surface area contributed by atoms with Gasteiger partial charge >= 0.3 is 12.1 Å². The molecular formula is C21H17F3N2O4S. The number of nitrogens with zero attached hydrogens (tertiary/aromatic N) is 1. The molecule has 2 aliphatic rings.